The molecule has 0 aliphatic rings. The second kappa shape index (κ2) is 4.72. The molecule has 0 saturated carbocycles. The highest BCUT2D eigenvalue weighted by molar-refractivity contribution is 7.92. The molecule has 7 heteroatoms. The van der Waals surface area contributed by atoms with E-state index in [2.05, 4.69) is 11.1 Å². The van der Waals surface area contributed by atoms with Gasteiger partial charge < -0.3 is 9.55 Å². The number of hydrogen-bond acceptors (Lipinski definition) is 4. The molecule has 1 aromatic carbocycles. The summed E-state index contributed by atoms with van der Waals surface area (Å²) < 4.78 is 24.9. The summed E-state index contributed by atoms with van der Waals surface area (Å²) in [4.78, 5) is 2.98. The number of nitriles is 1. The predicted octanol–water partition coefficient (Wildman–Crippen LogP) is 2.39. The summed E-state index contributed by atoms with van der Waals surface area (Å²) in [6.07, 6.45) is 1.21. The van der Waals surface area contributed by atoms with Gasteiger partial charge in [-0.05, 0) is 38.2 Å². The van der Waals surface area contributed by atoms with E-state index in [4.69, 9.17) is 17.5 Å². The van der Waals surface area contributed by atoms with Crippen molar-refractivity contribution in [3.05, 3.63) is 28.5 Å². The van der Waals surface area contributed by atoms with Crippen LogP contribution in [0.5, 0.6) is 0 Å². The quantitative estimate of drug-likeness (QED) is 0.883. The van der Waals surface area contributed by atoms with E-state index in [1.165, 1.54) is 6.26 Å². The Kier molecular flexibility index (Phi) is 3.48. The van der Waals surface area contributed by atoms with Crippen LogP contribution in [0, 0.1) is 16.1 Å². The summed E-state index contributed by atoms with van der Waals surface area (Å²) >= 11 is 5.25. The Morgan fingerprint density at radius 1 is 1.45 bits per heavy atom. The van der Waals surface area contributed by atoms with Gasteiger partial charge in [0.25, 0.3) is 0 Å². The SMILES string of the molecule is CC(C)(Cn1c(=S)[nH]c2c(C#N)cccc21)S(C)(=O)=O. The van der Waals surface area contributed by atoms with Crippen LogP contribution >= 0.6 is 12.2 Å². The fourth-order valence-electron chi connectivity index (χ4n) is 1.93. The number of benzene rings is 1. The maximum absolute atomic E-state index is 11.8. The first-order valence-corrected chi connectivity index (χ1v) is 8.28. The van der Waals surface area contributed by atoms with Crippen molar-refractivity contribution >= 4 is 33.1 Å². The van der Waals surface area contributed by atoms with E-state index in [0.29, 0.717) is 15.9 Å². The number of nitrogens with zero attached hydrogens (tertiary/aromatic N) is 2. The highest BCUT2D eigenvalue weighted by Gasteiger charge is 2.31. The Morgan fingerprint density at radius 3 is 2.65 bits per heavy atom. The summed E-state index contributed by atoms with van der Waals surface area (Å²) in [5, 5.41) is 9.09. The second-order valence-corrected chi connectivity index (χ2v) is 8.40. The standard InChI is InChI=1S/C13H15N3O2S2/c1-13(2,20(3,17)18)8-16-10-6-4-5-9(7-14)11(10)15-12(16)19/h4-6H,8H2,1-3H3,(H,15,19). The van der Waals surface area contributed by atoms with Crippen LogP contribution in [-0.2, 0) is 16.4 Å². The van der Waals surface area contributed by atoms with E-state index in [1.54, 1.807) is 30.5 Å². The van der Waals surface area contributed by atoms with E-state index < -0.39 is 14.6 Å². The average molecular weight is 309 g/mol. The molecule has 106 valence electrons. The van der Waals surface area contributed by atoms with Gasteiger partial charge in [0.05, 0.1) is 21.3 Å². The molecule has 0 fully saturated rings. The fraction of sp³-hybridized carbons (Fsp3) is 0.385. The largest absolute Gasteiger partial charge is 0.329 e. The lowest BCUT2D eigenvalue weighted by molar-refractivity contribution is 0.506. The molecule has 20 heavy (non-hydrogen) atoms. The zero-order valence-electron chi connectivity index (χ0n) is 11.5. The minimum Gasteiger partial charge on any atom is -0.329 e. The number of H-pyrrole nitrogens is 1. The molecule has 0 radical (unpaired) electrons. The van der Waals surface area contributed by atoms with Crippen LogP contribution in [0.3, 0.4) is 0 Å². The van der Waals surface area contributed by atoms with Crippen LogP contribution in [0.15, 0.2) is 18.2 Å². The number of nitrogens with one attached hydrogen (secondary N) is 1. The molecule has 1 N–H and O–H groups in total. The molecule has 0 amide bonds. The number of hydrogen-bond donors (Lipinski definition) is 1. The van der Waals surface area contributed by atoms with Crippen molar-refractivity contribution in [3.8, 4) is 6.07 Å². The number of aromatic nitrogens is 2. The summed E-state index contributed by atoms with van der Waals surface area (Å²) in [7, 11) is -3.23. The minimum atomic E-state index is -3.23. The van der Waals surface area contributed by atoms with Crippen molar-refractivity contribution in [3.63, 3.8) is 0 Å². The number of imidazole rings is 1. The van der Waals surface area contributed by atoms with Crippen molar-refractivity contribution in [2.75, 3.05) is 6.26 Å². The zero-order valence-corrected chi connectivity index (χ0v) is 13.1. The monoisotopic (exact) mass is 309 g/mol. The Hall–Kier alpha value is -1.65. The molecule has 0 unspecified atom stereocenters. The third-order valence-corrected chi connectivity index (χ3v) is 5.93. The van der Waals surface area contributed by atoms with Crippen LogP contribution in [0.1, 0.15) is 19.4 Å². The Bertz CT molecular complexity index is 867. The van der Waals surface area contributed by atoms with Crippen molar-refractivity contribution in [2.45, 2.75) is 25.1 Å². The van der Waals surface area contributed by atoms with Crippen LogP contribution in [0.25, 0.3) is 11.0 Å². The number of sulfone groups is 1. The van der Waals surface area contributed by atoms with Gasteiger partial charge in [-0.3, -0.25) is 0 Å². The van der Waals surface area contributed by atoms with Gasteiger partial charge in [0.1, 0.15) is 6.07 Å². The molecule has 5 nitrogen and oxygen atoms in total. The van der Waals surface area contributed by atoms with Crippen LogP contribution < -0.4 is 0 Å². The molecular weight excluding hydrogens is 294 g/mol. The Labute approximate surface area is 122 Å². The Morgan fingerprint density at radius 2 is 2.10 bits per heavy atom. The van der Waals surface area contributed by atoms with E-state index in [9.17, 15) is 8.42 Å². The van der Waals surface area contributed by atoms with E-state index >= 15 is 0 Å². The van der Waals surface area contributed by atoms with Crippen molar-refractivity contribution < 1.29 is 8.42 Å². The number of para-hydroxylation sites is 1. The highest BCUT2D eigenvalue weighted by Crippen LogP contribution is 2.23. The molecule has 0 saturated heterocycles. The lowest BCUT2D eigenvalue weighted by Crippen LogP contribution is -2.35. The number of rotatable bonds is 3. The molecule has 1 heterocycles. The van der Waals surface area contributed by atoms with E-state index in [0.717, 1.165) is 5.52 Å². The van der Waals surface area contributed by atoms with Gasteiger partial charge in [-0.25, -0.2) is 8.42 Å². The molecule has 0 spiro atoms. The first kappa shape index (κ1) is 14.8. The fourth-order valence-corrected chi connectivity index (χ4v) is 2.56. The predicted molar refractivity (Wildman–Crippen MR) is 80.8 cm³/mol. The van der Waals surface area contributed by atoms with Gasteiger partial charge >= 0.3 is 0 Å². The van der Waals surface area contributed by atoms with Crippen molar-refractivity contribution in [2.24, 2.45) is 0 Å². The molecule has 0 aliphatic carbocycles. The summed E-state index contributed by atoms with van der Waals surface area (Å²) in [5.74, 6) is 0. The van der Waals surface area contributed by atoms with Crippen molar-refractivity contribution in [1.29, 1.82) is 5.26 Å². The number of fused-ring (bicyclic) bond motifs is 1. The Balaban J connectivity index is 2.66. The zero-order chi connectivity index (χ0) is 15.1. The molecule has 0 bridgehead atoms. The first-order valence-electron chi connectivity index (χ1n) is 5.98. The van der Waals surface area contributed by atoms with Gasteiger partial charge in [0.15, 0.2) is 14.6 Å². The van der Waals surface area contributed by atoms with Gasteiger partial charge in [-0.1, -0.05) is 6.07 Å². The third kappa shape index (κ3) is 2.37. The first-order chi connectivity index (χ1) is 9.17. The van der Waals surface area contributed by atoms with Gasteiger partial charge in [0, 0.05) is 12.8 Å². The van der Waals surface area contributed by atoms with Gasteiger partial charge in [-0.2, -0.15) is 5.26 Å². The van der Waals surface area contributed by atoms with Gasteiger partial charge in [-0.15, -0.1) is 0 Å². The lowest BCUT2D eigenvalue weighted by Gasteiger charge is -2.23. The van der Waals surface area contributed by atoms with Crippen LogP contribution in [0.2, 0.25) is 0 Å². The highest BCUT2D eigenvalue weighted by atomic mass is 32.2. The molecule has 2 aromatic rings. The maximum Gasteiger partial charge on any atom is 0.178 e. The van der Waals surface area contributed by atoms with Crippen molar-refractivity contribution in [1.82, 2.24) is 9.55 Å². The number of aromatic amines is 1. The average Bonchev–Trinajstić information content (AvgIpc) is 2.64. The van der Waals surface area contributed by atoms with Gasteiger partial charge in [0.2, 0.25) is 0 Å². The lowest BCUT2D eigenvalue weighted by atomic mass is 10.2. The van der Waals surface area contributed by atoms with E-state index in [-0.39, 0.29) is 6.54 Å². The normalized spacial score (nSPS) is 12.5. The van der Waals surface area contributed by atoms with E-state index in [1.807, 2.05) is 6.07 Å². The molecule has 1 aromatic heterocycles. The summed E-state index contributed by atoms with van der Waals surface area (Å²) in [5.41, 5.74) is 1.87. The minimum absolute atomic E-state index is 0.236. The second-order valence-electron chi connectivity index (χ2n) is 5.36. The van der Waals surface area contributed by atoms with Crippen LogP contribution in [-0.4, -0.2) is 29.0 Å². The molecule has 0 atom stereocenters. The summed E-state index contributed by atoms with van der Waals surface area (Å²) in [6, 6.07) is 7.37. The molecule has 2 rings (SSSR count). The molecular formula is C13H15N3O2S2. The third-order valence-electron chi connectivity index (χ3n) is 3.47. The maximum atomic E-state index is 11.8. The molecule has 0 aliphatic heterocycles. The smallest absolute Gasteiger partial charge is 0.178 e. The topological polar surface area (TPSA) is 78.7 Å². The summed E-state index contributed by atoms with van der Waals surface area (Å²) in [6.45, 7) is 3.56. The van der Waals surface area contributed by atoms with Crippen LogP contribution in [0.4, 0.5) is 0 Å².